The van der Waals surface area contributed by atoms with Gasteiger partial charge in [0.1, 0.15) is 5.75 Å². The number of benzene rings is 2. The van der Waals surface area contributed by atoms with E-state index in [1.807, 2.05) is 32.0 Å². The first-order chi connectivity index (χ1) is 16.8. The van der Waals surface area contributed by atoms with Crippen molar-refractivity contribution in [2.45, 2.75) is 26.7 Å². The molecule has 9 nitrogen and oxygen atoms in total. The summed E-state index contributed by atoms with van der Waals surface area (Å²) in [6, 6.07) is 14.4. The second-order valence-electron chi connectivity index (χ2n) is 8.39. The molecule has 0 aromatic heterocycles. The van der Waals surface area contributed by atoms with Crippen molar-refractivity contribution in [1.29, 1.82) is 0 Å². The number of hydrogen-bond acceptors (Lipinski definition) is 6. The van der Waals surface area contributed by atoms with Gasteiger partial charge in [0.2, 0.25) is 11.8 Å². The summed E-state index contributed by atoms with van der Waals surface area (Å²) in [6.07, 6.45) is 0.645. The first kappa shape index (κ1) is 25.7. The molecule has 0 aliphatic carbocycles. The van der Waals surface area contributed by atoms with Gasteiger partial charge in [0.25, 0.3) is 5.91 Å². The van der Waals surface area contributed by atoms with E-state index in [2.05, 4.69) is 5.32 Å². The average Bonchev–Trinajstić information content (AvgIpc) is 3.25. The maximum Gasteiger partial charge on any atom is 0.311 e. The van der Waals surface area contributed by atoms with E-state index >= 15 is 0 Å². The number of esters is 1. The van der Waals surface area contributed by atoms with Crippen LogP contribution in [0.3, 0.4) is 0 Å². The van der Waals surface area contributed by atoms with E-state index in [-0.39, 0.29) is 31.3 Å². The molecule has 1 heterocycles. The van der Waals surface area contributed by atoms with Gasteiger partial charge in [0.15, 0.2) is 6.61 Å². The van der Waals surface area contributed by atoms with Crippen LogP contribution in [0.15, 0.2) is 48.5 Å². The maximum atomic E-state index is 12.7. The molecule has 1 aliphatic rings. The summed E-state index contributed by atoms with van der Waals surface area (Å²) in [5, 5.41) is 2.80. The van der Waals surface area contributed by atoms with Crippen LogP contribution in [-0.2, 0) is 23.9 Å². The van der Waals surface area contributed by atoms with Gasteiger partial charge in [-0.05, 0) is 37.1 Å². The molecule has 1 atom stereocenters. The molecule has 186 valence electrons. The van der Waals surface area contributed by atoms with Gasteiger partial charge in [-0.1, -0.05) is 31.2 Å². The van der Waals surface area contributed by atoms with E-state index < -0.39 is 24.4 Å². The van der Waals surface area contributed by atoms with Crippen LogP contribution in [0.5, 0.6) is 5.75 Å². The maximum absolute atomic E-state index is 12.7. The summed E-state index contributed by atoms with van der Waals surface area (Å²) in [4.78, 5) is 53.1. The Morgan fingerprint density at radius 2 is 1.91 bits per heavy atom. The molecule has 0 spiro atoms. The highest BCUT2D eigenvalue weighted by molar-refractivity contribution is 6.00. The van der Waals surface area contributed by atoms with E-state index in [0.717, 1.165) is 5.56 Å². The molecule has 3 amide bonds. The molecular formula is C26H31N3O6. The van der Waals surface area contributed by atoms with E-state index in [4.69, 9.17) is 9.47 Å². The Hall–Kier alpha value is -3.88. The number of rotatable bonds is 10. The van der Waals surface area contributed by atoms with Crippen LogP contribution >= 0.6 is 0 Å². The molecule has 2 aromatic rings. The molecule has 3 rings (SSSR count). The number of para-hydroxylation sites is 1. The zero-order chi connectivity index (χ0) is 25.4. The minimum absolute atomic E-state index is 0.00173. The highest BCUT2D eigenvalue weighted by atomic mass is 16.5. The molecule has 0 saturated carbocycles. The molecule has 2 aromatic carbocycles. The Balaban J connectivity index is 1.53. The van der Waals surface area contributed by atoms with Gasteiger partial charge in [-0.25, -0.2) is 0 Å². The second kappa shape index (κ2) is 12.0. The molecule has 1 fully saturated rings. The largest absolute Gasteiger partial charge is 0.497 e. The number of methoxy groups -OCH3 is 1. The highest BCUT2D eigenvalue weighted by Crippen LogP contribution is 2.28. The smallest absolute Gasteiger partial charge is 0.311 e. The summed E-state index contributed by atoms with van der Waals surface area (Å²) in [5.74, 6) is -1.68. The molecule has 1 saturated heterocycles. The summed E-state index contributed by atoms with van der Waals surface area (Å²) in [5.41, 5.74) is 2.23. The van der Waals surface area contributed by atoms with Crippen LogP contribution < -0.4 is 15.0 Å². The number of aryl methyl sites for hydroxylation is 1. The van der Waals surface area contributed by atoms with Crippen molar-refractivity contribution < 1.29 is 28.7 Å². The number of nitrogens with one attached hydrogen (secondary N) is 1. The third kappa shape index (κ3) is 6.81. The Morgan fingerprint density at radius 1 is 1.14 bits per heavy atom. The van der Waals surface area contributed by atoms with Crippen molar-refractivity contribution in [3.05, 3.63) is 54.1 Å². The van der Waals surface area contributed by atoms with E-state index in [0.29, 0.717) is 30.1 Å². The van der Waals surface area contributed by atoms with Crippen molar-refractivity contribution in [2.24, 2.45) is 5.92 Å². The van der Waals surface area contributed by atoms with Gasteiger partial charge in [-0.2, -0.15) is 0 Å². The molecule has 35 heavy (non-hydrogen) atoms. The Bertz CT molecular complexity index is 1090. The van der Waals surface area contributed by atoms with Crippen LogP contribution in [0.2, 0.25) is 0 Å². The van der Waals surface area contributed by atoms with Crippen molar-refractivity contribution in [3.63, 3.8) is 0 Å². The zero-order valence-electron chi connectivity index (χ0n) is 20.3. The van der Waals surface area contributed by atoms with Gasteiger partial charge in [-0.3, -0.25) is 19.2 Å². The van der Waals surface area contributed by atoms with Crippen molar-refractivity contribution >= 4 is 35.1 Å². The lowest BCUT2D eigenvalue weighted by atomic mass is 10.1. The predicted molar refractivity (Wildman–Crippen MR) is 131 cm³/mol. The number of ether oxygens (including phenoxy) is 2. The molecule has 9 heteroatoms. The monoisotopic (exact) mass is 481 g/mol. The van der Waals surface area contributed by atoms with Gasteiger partial charge < -0.3 is 24.6 Å². The lowest BCUT2D eigenvalue weighted by Crippen LogP contribution is -2.41. The van der Waals surface area contributed by atoms with Gasteiger partial charge in [-0.15, -0.1) is 0 Å². The van der Waals surface area contributed by atoms with Crippen molar-refractivity contribution in [2.75, 3.05) is 43.6 Å². The summed E-state index contributed by atoms with van der Waals surface area (Å²) in [6.45, 7) is 3.65. The standard InChI is InChI=1S/C26H31N3O6/c1-4-12-28(16-23(30)27-22-11-6-5-8-18(22)2)25(32)17-35-26(33)19-13-24(31)29(15-19)20-9-7-10-21(14-20)34-3/h5-11,14,19H,4,12-13,15-17H2,1-3H3,(H,27,30). The van der Waals surface area contributed by atoms with Crippen LogP contribution in [0.1, 0.15) is 25.3 Å². The van der Waals surface area contributed by atoms with Crippen LogP contribution in [-0.4, -0.2) is 61.9 Å². The third-order valence-electron chi connectivity index (χ3n) is 5.76. The SMILES string of the molecule is CCCN(CC(=O)Nc1ccccc1C)C(=O)COC(=O)C1CC(=O)N(c2cccc(OC)c2)C1. The molecule has 1 unspecified atom stereocenters. The van der Waals surface area contributed by atoms with Crippen LogP contribution in [0.25, 0.3) is 0 Å². The molecule has 0 radical (unpaired) electrons. The third-order valence-corrected chi connectivity index (χ3v) is 5.76. The lowest BCUT2D eigenvalue weighted by Gasteiger charge is -2.22. The first-order valence-electron chi connectivity index (χ1n) is 11.6. The molecule has 1 N–H and O–H groups in total. The molecule has 1 aliphatic heterocycles. The number of anilines is 2. The lowest BCUT2D eigenvalue weighted by molar-refractivity contribution is -0.155. The van der Waals surface area contributed by atoms with Crippen LogP contribution in [0, 0.1) is 12.8 Å². The number of carbonyl (C=O) groups is 4. The van der Waals surface area contributed by atoms with Crippen LogP contribution in [0.4, 0.5) is 11.4 Å². The Morgan fingerprint density at radius 3 is 2.63 bits per heavy atom. The van der Waals surface area contributed by atoms with E-state index in [1.165, 1.54) is 16.9 Å². The minimum atomic E-state index is -0.675. The van der Waals surface area contributed by atoms with E-state index in [9.17, 15) is 19.2 Å². The van der Waals surface area contributed by atoms with Gasteiger partial charge >= 0.3 is 5.97 Å². The number of nitrogens with zero attached hydrogens (tertiary/aromatic N) is 2. The fourth-order valence-electron chi connectivity index (χ4n) is 3.87. The Labute approximate surface area is 205 Å². The van der Waals surface area contributed by atoms with E-state index in [1.54, 1.807) is 30.3 Å². The highest BCUT2D eigenvalue weighted by Gasteiger charge is 2.36. The predicted octanol–water partition coefficient (Wildman–Crippen LogP) is 2.78. The molecule has 0 bridgehead atoms. The van der Waals surface area contributed by atoms with Crippen molar-refractivity contribution in [1.82, 2.24) is 4.90 Å². The summed E-state index contributed by atoms with van der Waals surface area (Å²) >= 11 is 0. The Kier molecular flexibility index (Phi) is 8.83. The van der Waals surface area contributed by atoms with Gasteiger partial charge in [0.05, 0.1) is 19.6 Å². The summed E-state index contributed by atoms with van der Waals surface area (Å²) in [7, 11) is 1.54. The normalized spacial score (nSPS) is 15.0. The quantitative estimate of drug-likeness (QED) is 0.523. The number of amides is 3. The second-order valence-corrected chi connectivity index (χ2v) is 8.39. The fraction of sp³-hybridized carbons (Fsp3) is 0.385. The topological polar surface area (TPSA) is 105 Å². The average molecular weight is 482 g/mol. The fourth-order valence-corrected chi connectivity index (χ4v) is 3.87. The first-order valence-corrected chi connectivity index (χ1v) is 11.6. The van der Waals surface area contributed by atoms with Crippen molar-refractivity contribution in [3.8, 4) is 5.75 Å². The van der Waals surface area contributed by atoms with Gasteiger partial charge in [0, 0.05) is 37.0 Å². The minimum Gasteiger partial charge on any atom is -0.497 e. The zero-order valence-corrected chi connectivity index (χ0v) is 20.3. The number of carbonyl (C=O) groups excluding carboxylic acids is 4. The molecular weight excluding hydrogens is 450 g/mol. The summed E-state index contributed by atoms with van der Waals surface area (Å²) < 4.78 is 10.4. The number of hydrogen-bond donors (Lipinski definition) is 1.